The number of hydrogen-bond acceptors (Lipinski definition) is 7. The molecule has 4 nitrogen and oxygen atoms in total. The van der Waals surface area contributed by atoms with Crippen LogP contribution in [0.15, 0.2) is 40.1 Å². The molecule has 0 saturated heterocycles. The monoisotopic (exact) mass is 330 g/mol. The van der Waals surface area contributed by atoms with Crippen molar-refractivity contribution in [2.45, 2.75) is 10.1 Å². The summed E-state index contributed by atoms with van der Waals surface area (Å²) in [6.07, 6.45) is 0. The highest BCUT2D eigenvalue weighted by Gasteiger charge is 2.09. The molecule has 21 heavy (non-hydrogen) atoms. The summed E-state index contributed by atoms with van der Waals surface area (Å²) in [5.74, 6) is 1.99. The van der Waals surface area contributed by atoms with Crippen LogP contribution in [0.2, 0.25) is 0 Å². The zero-order valence-electron chi connectivity index (χ0n) is 10.8. The number of benzene rings is 1. The van der Waals surface area contributed by atoms with Crippen molar-refractivity contribution in [3.8, 4) is 0 Å². The third kappa shape index (κ3) is 2.48. The first-order chi connectivity index (χ1) is 10.3. The minimum atomic E-state index is 0.557. The lowest BCUT2D eigenvalue weighted by Gasteiger charge is -2.00. The summed E-state index contributed by atoms with van der Waals surface area (Å²) in [5.41, 5.74) is 7.01. The Bertz CT molecular complexity index is 895. The van der Waals surface area contributed by atoms with E-state index >= 15 is 0 Å². The lowest BCUT2D eigenvalue weighted by Crippen LogP contribution is -1.98. The molecule has 0 aliphatic rings. The third-order valence-electron chi connectivity index (χ3n) is 3.00. The molecule has 104 valence electrons. The molecular formula is C14H10N4S3. The van der Waals surface area contributed by atoms with Gasteiger partial charge in [0.15, 0.2) is 4.34 Å². The number of nitrogens with two attached hydrogens (primary N) is 1. The van der Waals surface area contributed by atoms with Gasteiger partial charge in [-0.3, -0.25) is 0 Å². The summed E-state index contributed by atoms with van der Waals surface area (Å²) in [6.45, 7) is 0. The smallest absolute Gasteiger partial charge is 0.151 e. The maximum absolute atomic E-state index is 5.96. The number of nitrogen functional groups attached to an aromatic ring is 1. The fourth-order valence-electron chi connectivity index (χ4n) is 2.03. The third-order valence-corrected chi connectivity index (χ3v) is 5.98. The van der Waals surface area contributed by atoms with Crippen LogP contribution in [0.25, 0.3) is 20.4 Å². The summed E-state index contributed by atoms with van der Waals surface area (Å²) < 4.78 is 2.23. The number of anilines is 1. The number of fused-ring (bicyclic) bond motifs is 2. The van der Waals surface area contributed by atoms with Gasteiger partial charge in [0.2, 0.25) is 0 Å². The molecule has 0 amide bonds. The van der Waals surface area contributed by atoms with Crippen LogP contribution >= 0.6 is 34.4 Å². The van der Waals surface area contributed by atoms with Gasteiger partial charge in [0, 0.05) is 0 Å². The first-order valence-corrected chi connectivity index (χ1v) is 8.96. The van der Waals surface area contributed by atoms with E-state index in [2.05, 4.69) is 21.0 Å². The molecule has 0 bridgehead atoms. The predicted octanol–water partition coefficient (Wildman–Crippen LogP) is 4.18. The molecule has 4 rings (SSSR count). The first-order valence-electron chi connectivity index (χ1n) is 6.27. The molecule has 0 unspecified atom stereocenters. The van der Waals surface area contributed by atoms with E-state index in [4.69, 9.17) is 5.73 Å². The summed E-state index contributed by atoms with van der Waals surface area (Å²) in [5, 5.41) is 2.92. The zero-order valence-corrected chi connectivity index (χ0v) is 13.3. The number of thiazole rings is 1. The lowest BCUT2D eigenvalue weighted by molar-refractivity contribution is 1.08. The van der Waals surface area contributed by atoms with Crippen molar-refractivity contribution in [2.75, 3.05) is 5.73 Å². The number of aromatic nitrogens is 3. The van der Waals surface area contributed by atoms with Crippen LogP contribution in [0.3, 0.4) is 0 Å². The standard InChI is InChI=1S/C14H10N4S3/c15-12-8-5-6-19-13(8)18-11(17-12)7-20-14-16-9-3-1-2-4-10(9)21-14/h1-6H,7H2,(H2,15,17,18). The number of thiophene rings is 1. The van der Waals surface area contributed by atoms with E-state index in [1.165, 1.54) is 4.70 Å². The molecule has 0 saturated carbocycles. The zero-order chi connectivity index (χ0) is 14.2. The Morgan fingerprint density at radius 2 is 2.00 bits per heavy atom. The Balaban J connectivity index is 1.59. The van der Waals surface area contributed by atoms with Crippen molar-refractivity contribution in [3.05, 3.63) is 41.5 Å². The van der Waals surface area contributed by atoms with Gasteiger partial charge in [-0.2, -0.15) is 0 Å². The highest BCUT2D eigenvalue weighted by molar-refractivity contribution is 8.00. The average molecular weight is 330 g/mol. The normalized spacial score (nSPS) is 11.4. The minimum absolute atomic E-state index is 0.557. The van der Waals surface area contributed by atoms with Gasteiger partial charge in [0.05, 0.1) is 21.4 Å². The molecule has 0 spiro atoms. The van der Waals surface area contributed by atoms with Gasteiger partial charge in [-0.15, -0.1) is 22.7 Å². The van der Waals surface area contributed by atoms with E-state index in [1.807, 2.05) is 29.6 Å². The second-order valence-corrected chi connectivity index (χ2v) is 7.55. The number of thioether (sulfide) groups is 1. The fraction of sp³-hybridized carbons (Fsp3) is 0.0714. The largest absolute Gasteiger partial charge is 0.383 e. The van der Waals surface area contributed by atoms with Crippen LogP contribution in [-0.2, 0) is 5.75 Å². The Morgan fingerprint density at radius 1 is 1.10 bits per heavy atom. The van der Waals surface area contributed by atoms with Crippen molar-refractivity contribution in [1.82, 2.24) is 15.0 Å². The number of hydrogen-bond donors (Lipinski definition) is 1. The molecule has 0 aliphatic heterocycles. The molecular weight excluding hydrogens is 320 g/mol. The Kier molecular flexibility index (Phi) is 3.25. The lowest BCUT2D eigenvalue weighted by atomic mass is 10.3. The molecule has 7 heteroatoms. The molecule has 3 aromatic heterocycles. The van der Waals surface area contributed by atoms with Gasteiger partial charge in [-0.25, -0.2) is 15.0 Å². The van der Waals surface area contributed by atoms with Gasteiger partial charge < -0.3 is 5.73 Å². The molecule has 3 heterocycles. The summed E-state index contributed by atoms with van der Waals surface area (Å²) in [7, 11) is 0. The number of nitrogens with zero attached hydrogens (tertiary/aromatic N) is 3. The minimum Gasteiger partial charge on any atom is -0.383 e. The van der Waals surface area contributed by atoms with Gasteiger partial charge >= 0.3 is 0 Å². The van der Waals surface area contributed by atoms with E-state index in [1.54, 1.807) is 34.4 Å². The van der Waals surface area contributed by atoms with E-state index in [9.17, 15) is 0 Å². The van der Waals surface area contributed by atoms with Gasteiger partial charge in [0.1, 0.15) is 16.5 Å². The van der Waals surface area contributed by atoms with Crippen LogP contribution < -0.4 is 5.73 Å². The van der Waals surface area contributed by atoms with E-state index in [0.29, 0.717) is 11.6 Å². The van der Waals surface area contributed by atoms with Gasteiger partial charge in [-0.05, 0) is 23.6 Å². The number of rotatable bonds is 3. The Hall–Kier alpha value is -1.70. The van der Waals surface area contributed by atoms with Gasteiger partial charge in [-0.1, -0.05) is 23.9 Å². The molecule has 0 fully saturated rings. The molecule has 0 radical (unpaired) electrons. The predicted molar refractivity (Wildman–Crippen MR) is 91.0 cm³/mol. The Labute approximate surface area is 133 Å². The van der Waals surface area contributed by atoms with Crippen molar-refractivity contribution in [3.63, 3.8) is 0 Å². The van der Waals surface area contributed by atoms with Crippen LogP contribution in [0.4, 0.5) is 5.82 Å². The fourth-order valence-corrected chi connectivity index (χ4v) is 4.74. The highest BCUT2D eigenvalue weighted by Crippen LogP contribution is 2.31. The van der Waals surface area contributed by atoms with Crippen LogP contribution in [-0.4, -0.2) is 15.0 Å². The van der Waals surface area contributed by atoms with Crippen molar-refractivity contribution in [1.29, 1.82) is 0 Å². The average Bonchev–Trinajstić information content (AvgIpc) is 3.11. The maximum atomic E-state index is 5.96. The quantitative estimate of drug-likeness (QED) is 0.571. The summed E-state index contributed by atoms with van der Waals surface area (Å²) in [4.78, 5) is 14.5. The van der Waals surface area contributed by atoms with Crippen LogP contribution in [0, 0.1) is 0 Å². The first kappa shape index (κ1) is 13.0. The molecule has 0 atom stereocenters. The van der Waals surface area contributed by atoms with Crippen LogP contribution in [0.1, 0.15) is 5.82 Å². The van der Waals surface area contributed by atoms with Gasteiger partial charge in [0.25, 0.3) is 0 Å². The molecule has 4 aromatic rings. The summed E-state index contributed by atoms with van der Waals surface area (Å²) in [6, 6.07) is 10.1. The second kappa shape index (κ2) is 5.25. The Morgan fingerprint density at radius 3 is 2.90 bits per heavy atom. The van der Waals surface area contributed by atoms with E-state index in [-0.39, 0.29) is 0 Å². The second-order valence-electron chi connectivity index (χ2n) is 4.40. The van der Waals surface area contributed by atoms with Crippen molar-refractivity contribution < 1.29 is 0 Å². The highest BCUT2D eigenvalue weighted by atomic mass is 32.2. The molecule has 1 aromatic carbocycles. The number of para-hydroxylation sites is 1. The molecule has 2 N–H and O–H groups in total. The van der Waals surface area contributed by atoms with Crippen molar-refractivity contribution in [2.24, 2.45) is 0 Å². The van der Waals surface area contributed by atoms with E-state index < -0.39 is 0 Å². The van der Waals surface area contributed by atoms with E-state index in [0.717, 1.165) is 25.9 Å². The van der Waals surface area contributed by atoms with Crippen molar-refractivity contribution >= 4 is 60.7 Å². The maximum Gasteiger partial charge on any atom is 0.151 e. The van der Waals surface area contributed by atoms with Crippen LogP contribution in [0.5, 0.6) is 0 Å². The summed E-state index contributed by atoms with van der Waals surface area (Å²) >= 11 is 4.93. The molecule has 0 aliphatic carbocycles. The topological polar surface area (TPSA) is 64.7 Å². The SMILES string of the molecule is Nc1nc(CSc2nc3ccccc3s2)nc2sccc12.